The van der Waals surface area contributed by atoms with Crippen LogP contribution in [0.15, 0.2) is 0 Å². The van der Waals surface area contributed by atoms with Crippen molar-refractivity contribution in [2.75, 3.05) is 6.54 Å². The molecule has 4 unspecified atom stereocenters. The number of carbonyl (C=O) groups excluding carboxylic acids is 2. The van der Waals surface area contributed by atoms with Crippen LogP contribution >= 0.6 is 0 Å². The van der Waals surface area contributed by atoms with Gasteiger partial charge in [0.1, 0.15) is 0 Å². The molecule has 6 heteroatoms. The van der Waals surface area contributed by atoms with Crippen LogP contribution in [0.4, 0.5) is 0 Å². The van der Waals surface area contributed by atoms with Gasteiger partial charge in [-0.15, -0.1) is 0 Å². The number of carboxylic acid groups (broad SMARTS) is 1. The number of hydrogen-bond acceptors (Lipinski definition) is 4. The molecule has 2 heterocycles. The third-order valence-electron chi connectivity index (χ3n) is 4.43. The Labute approximate surface area is 110 Å². The molecule has 3 rings (SSSR count). The minimum atomic E-state index is -0.973. The number of amides is 2. The highest BCUT2D eigenvalue weighted by Gasteiger charge is 2.46. The minimum absolute atomic E-state index is 0.0145. The first-order valence-electron chi connectivity index (χ1n) is 6.79. The second-order valence-electron chi connectivity index (χ2n) is 5.66. The first kappa shape index (κ1) is 12.6. The molecule has 4 atom stereocenters. The Bertz CT molecular complexity index is 413. The molecular formula is C13H17NO5. The van der Waals surface area contributed by atoms with Gasteiger partial charge in [-0.05, 0) is 32.1 Å². The van der Waals surface area contributed by atoms with E-state index in [1.54, 1.807) is 0 Å². The predicted octanol–water partition coefficient (Wildman–Crippen LogP) is 0.404. The van der Waals surface area contributed by atoms with Crippen molar-refractivity contribution in [3.05, 3.63) is 0 Å². The summed E-state index contributed by atoms with van der Waals surface area (Å²) in [7, 11) is 0. The van der Waals surface area contributed by atoms with E-state index in [9.17, 15) is 14.4 Å². The van der Waals surface area contributed by atoms with E-state index in [1.165, 1.54) is 4.90 Å². The van der Waals surface area contributed by atoms with Gasteiger partial charge in [-0.1, -0.05) is 0 Å². The van der Waals surface area contributed by atoms with Crippen LogP contribution in [-0.4, -0.2) is 46.5 Å². The number of carbonyl (C=O) groups is 3. The highest BCUT2D eigenvalue weighted by Crippen LogP contribution is 2.38. The summed E-state index contributed by atoms with van der Waals surface area (Å²) in [5.41, 5.74) is 0. The quantitative estimate of drug-likeness (QED) is 0.748. The number of nitrogens with zero attached hydrogens (tertiary/aromatic N) is 1. The number of rotatable bonds is 3. The van der Waals surface area contributed by atoms with Crippen molar-refractivity contribution < 1.29 is 24.2 Å². The number of hydrogen-bond donors (Lipinski definition) is 1. The van der Waals surface area contributed by atoms with Gasteiger partial charge in [-0.25, -0.2) is 4.79 Å². The topological polar surface area (TPSA) is 83.9 Å². The molecule has 0 aromatic rings. The summed E-state index contributed by atoms with van der Waals surface area (Å²) in [4.78, 5) is 36.4. The third-order valence-corrected chi connectivity index (χ3v) is 4.43. The van der Waals surface area contributed by atoms with Crippen LogP contribution < -0.4 is 0 Å². The first-order valence-corrected chi connectivity index (χ1v) is 6.79. The lowest BCUT2D eigenvalue weighted by atomic mass is 9.96. The lowest BCUT2D eigenvalue weighted by Crippen LogP contribution is -2.49. The number of carboxylic acids is 1. The monoisotopic (exact) mass is 267 g/mol. The van der Waals surface area contributed by atoms with Crippen LogP contribution in [0.25, 0.3) is 0 Å². The molecule has 0 radical (unpaired) electrons. The van der Waals surface area contributed by atoms with E-state index in [-0.39, 0.29) is 36.3 Å². The second-order valence-corrected chi connectivity index (χ2v) is 5.66. The summed E-state index contributed by atoms with van der Waals surface area (Å²) in [6.07, 6.45) is 2.21. The molecule has 0 aromatic carbocycles. The maximum Gasteiger partial charge on any atom is 0.332 e. The predicted molar refractivity (Wildman–Crippen MR) is 63.1 cm³/mol. The molecule has 104 valence electrons. The van der Waals surface area contributed by atoms with E-state index in [2.05, 4.69) is 0 Å². The van der Waals surface area contributed by atoms with Gasteiger partial charge < -0.3 is 9.84 Å². The van der Waals surface area contributed by atoms with Crippen LogP contribution in [0.2, 0.25) is 0 Å². The van der Waals surface area contributed by atoms with Crippen LogP contribution in [-0.2, 0) is 19.1 Å². The average Bonchev–Trinajstić information content (AvgIpc) is 3.00. The molecule has 2 aliphatic heterocycles. The summed E-state index contributed by atoms with van der Waals surface area (Å²) >= 11 is 0. The summed E-state index contributed by atoms with van der Waals surface area (Å²) in [6, 6.07) is 0. The fourth-order valence-corrected chi connectivity index (χ4v) is 3.38. The van der Waals surface area contributed by atoms with Crippen molar-refractivity contribution in [1.29, 1.82) is 0 Å². The molecule has 1 aliphatic carbocycles. The lowest BCUT2D eigenvalue weighted by molar-refractivity contribution is -0.156. The highest BCUT2D eigenvalue weighted by molar-refractivity contribution is 6.00. The third kappa shape index (κ3) is 2.14. The zero-order chi connectivity index (χ0) is 13.6. The number of aliphatic carboxylic acids is 1. The first-order chi connectivity index (χ1) is 9.06. The molecule has 1 saturated carbocycles. The van der Waals surface area contributed by atoms with E-state index in [0.717, 1.165) is 12.8 Å². The second kappa shape index (κ2) is 4.59. The van der Waals surface area contributed by atoms with Gasteiger partial charge in [-0.3, -0.25) is 14.5 Å². The van der Waals surface area contributed by atoms with Gasteiger partial charge >= 0.3 is 5.97 Å². The minimum Gasteiger partial charge on any atom is -0.479 e. The smallest absolute Gasteiger partial charge is 0.332 e. The van der Waals surface area contributed by atoms with Crippen molar-refractivity contribution in [1.82, 2.24) is 4.90 Å². The van der Waals surface area contributed by atoms with Crippen molar-refractivity contribution in [3.63, 3.8) is 0 Å². The van der Waals surface area contributed by atoms with E-state index in [0.29, 0.717) is 19.3 Å². The molecular weight excluding hydrogens is 250 g/mol. The number of likely N-dealkylation sites (tertiary alicyclic amines) is 1. The largest absolute Gasteiger partial charge is 0.479 e. The fourth-order valence-electron chi connectivity index (χ4n) is 3.38. The van der Waals surface area contributed by atoms with E-state index >= 15 is 0 Å². The van der Waals surface area contributed by atoms with Crippen molar-refractivity contribution >= 4 is 17.8 Å². The van der Waals surface area contributed by atoms with Crippen LogP contribution in [0, 0.1) is 11.8 Å². The Morgan fingerprint density at radius 3 is 2.32 bits per heavy atom. The van der Waals surface area contributed by atoms with Gasteiger partial charge in [0.05, 0.1) is 12.6 Å². The number of ether oxygens (including phenoxy) is 1. The van der Waals surface area contributed by atoms with Gasteiger partial charge in [-0.2, -0.15) is 0 Å². The zero-order valence-electron chi connectivity index (χ0n) is 10.6. The molecule has 19 heavy (non-hydrogen) atoms. The molecule has 3 fully saturated rings. The van der Waals surface area contributed by atoms with Gasteiger partial charge in [0, 0.05) is 11.8 Å². The maximum atomic E-state index is 12.1. The molecule has 2 amide bonds. The molecule has 2 bridgehead atoms. The number of piperidine rings is 1. The maximum absolute atomic E-state index is 12.1. The lowest BCUT2D eigenvalue weighted by Gasteiger charge is -2.31. The molecule has 0 aromatic heterocycles. The number of fused-ring (bicyclic) bond motifs is 2. The van der Waals surface area contributed by atoms with Crippen LogP contribution in [0.1, 0.15) is 32.1 Å². The normalized spacial score (nSPS) is 38.0. The average molecular weight is 267 g/mol. The summed E-state index contributed by atoms with van der Waals surface area (Å²) in [5, 5.41) is 8.86. The van der Waals surface area contributed by atoms with Gasteiger partial charge in [0.25, 0.3) is 0 Å². The van der Waals surface area contributed by atoms with Crippen molar-refractivity contribution in [3.8, 4) is 0 Å². The molecule has 2 saturated heterocycles. The van der Waals surface area contributed by atoms with Crippen molar-refractivity contribution in [2.24, 2.45) is 11.8 Å². The molecule has 1 N–H and O–H groups in total. The summed E-state index contributed by atoms with van der Waals surface area (Å²) in [6.45, 7) is 0.217. The van der Waals surface area contributed by atoms with Gasteiger partial charge in [0.2, 0.25) is 11.8 Å². The Morgan fingerprint density at radius 1 is 1.16 bits per heavy atom. The fraction of sp³-hybridized carbons (Fsp3) is 0.769. The van der Waals surface area contributed by atoms with E-state index in [4.69, 9.17) is 9.84 Å². The Kier molecular flexibility index (Phi) is 3.05. The molecule has 0 spiro atoms. The Hall–Kier alpha value is -1.43. The summed E-state index contributed by atoms with van der Waals surface area (Å²) in [5.74, 6) is -1.19. The van der Waals surface area contributed by atoms with Crippen molar-refractivity contribution in [2.45, 2.75) is 44.3 Å². The Morgan fingerprint density at radius 2 is 1.79 bits per heavy atom. The standard InChI is InChI=1S/C13H17NO5/c15-11-7-1-2-8(5-7)12(16)14(11)6-9-3-4-10(19-9)13(17)18/h7-10H,1-6H2,(H,17,18). The zero-order valence-corrected chi connectivity index (χ0v) is 10.6. The Balaban J connectivity index is 1.65. The number of imide groups is 1. The van der Waals surface area contributed by atoms with Crippen LogP contribution in [0.3, 0.4) is 0 Å². The van der Waals surface area contributed by atoms with Crippen LogP contribution in [0.5, 0.6) is 0 Å². The highest BCUT2D eigenvalue weighted by atomic mass is 16.5. The van der Waals surface area contributed by atoms with E-state index < -0.39 is 12.1 Å². The SMILES string of the molecule is O=C(O)C1CCC(CN2C(=O)C3CCC(C3)C2=O)O1. The molecule has 6 nitrogen and oxygen atoms in total. The molecule has 3 aliphatic rings. The van der Waals surface area contributed by atoms with Gasteiger partial charge in [0.15, 0.2) is 6.10 Å². The summed E-state index contributed by atoms with van der Waals surface area (Å²) < 4.78 is 5.37. The van der Waals surface area contributed by atoms with E-state index in [1.807, 2.05) is 0 Å².